The van der Waals surface area contributed by atoms with Crippen LogP contribution in [0.5, 0.6) is 0 Å². The molecule has 0 aliphatic rings. The minimum atomic E-state index is -4.04. The molecule has 0 spiro atoms. The number of hydrogen-bond acceptors (Lipinski definition) is 4. The maximum Gasteiger partial charge on any atom is 0.371 e. The van der Waals surface area contributed by atoms with Crippen molar-refractivity contribution in [1.82, 2.24) is 4.72 Å². The van der Waals surface area contributed by atoms with E-state index in [9.17, 15) is 17.6 Å². The molecule has 0 saturated carbocycles. The van der Waals surface area contributed by atoms with Crippen LogP contribution in [0.15, 0.2) is 45.9 Å². The number of hydrogen-bond donors (Lipinski definition) is 2. The van der Waals surface area contributed by atoms with E-state index in [0.717, 1.165) is 12.1 Å². The van der Waals surface area contributed by atoms with Gasteiger partial charge in [-0.05, 0) is 36.8 Å². The molecule has 21 heavy (non-hydrogen) atoms. The minimum absolute atomic E-state index is 0.434. The van der Waals surface area contributed by atoms with E-state index in [-0.39, 0.29) is 0 Å². The third kappa shape index (κ3) is 3.47. The number of carboxylic acids is 1. The summed E-state index contributed by atoms with van der Waals surface area (Å²) in [7, 11) is -4.04. The first-order valence-corrected chi connectivity index (χ1v) is 7.39. The maximum absolute atomic E-state index is 13.1. The average molecular weight is 313 g/mol. The third-order valence-corrected chi connectivity index (χ3v) is 4.15. The fraction of sp³-hybridized carbons (Fsp3) is 0.154. The predicted molar refractivity (Wildman–Crippen MR) is 70.8 cm³/mol. The van der Waals surface area contributed by atoms with Crippen molar-refractivity contribution in [3.8, 4) is 0 Å². The standard InChI is InChI=1S/C13H12FNO5S/c1-8(9-3-2-4-10(14)7-9)15-21(18,19)12-6-5-11(20-12)13(16)17/h2-8,15H,1H3,(H,16,17). The molecule has 1 unspecified atom stereocenters. The lowest BCUT2D eigenvalue weighted by Gasteiger charge is -2.13. The van der Waals surface area contributed by atoms with Crippen LogP contribution in [0.25, 0.3) is 0 Å². The molecule has 6 nitrogen and oxygen atoms in total. The zero-order chi connectivity index (χ0) is 15.6. The average Bonchev–Trinajstić information content (AvgIpc) is 2.88. The highest BCUT2D eigenvalue weighted by molar-refractivity contribution is 7.89. The van der Waals surface area contributed by atoms with Crippen molar-refractivity contribution < 1.29 is 27.1 Å². The Hall–Kier alpha value is -2.19. The van der Waals surface area contributed by atoms with E-state index in [1.54, 1.807) is 6.07 Å². The van der Waals surface area contributed by atoms with Gasteiger partial charge in [-0.25, -0.2) is 22.3 Å². The second kappa shape index (κ2) is 5.66. The van der Waals surface area contributed by atoms with Gasteiger partial charge in [-0.1, -0.05) is 12.1 Å². The monoisotopic (exact) mass is 313 g/mol. The lowest BCUT2D eigenvalue weighted by molar-refractivity contribution is 0.0656. The second-order valence-corrected chi connectivity index (χ2v) is 5.97. The summed E-state index contributed by atoms with van der Waals surface area (Å²) in [6.07, 6.45) is 0. The van der Waals surface area contributed by atoms with E-state index in [1.807, 2.05) is 0 Å². The van der Waals surface area contributed by atoms with Gasteiger partial charge in [-0.2, -0.15) is 0 Å². The summed E-state index contributed by atoms with van der Waals surface area (Å²) in [6.45, 7) is 1.54. The summed E-state index contributed by atoms with van der Waals surface area (Å²) in [4.78, 5) is 10.7. The number of sulfonamides is 1. The van der Waals surface area contributed by atoms with Crippen molar-refractivity contribution in [1.29, 1.82) is 0 Å². The van der Waals surface area contributed by atoms with Gasteiger partial charge in [0.15, 0.2) is 0 Å². The lowest BCUT2D eigenvalue weighted by atomic mass is 10.1. The number of carboxylic acid groups (broad SMARTS) is 1. The van der Waals surface area contributed by atoms with Crippen LogP contribution in [0.2, 0.25) is 0 Å². The lowest BCUT2D eigenvalue weighted by Crippen LogP contribution is -2.26. The van der Waals surface area contributed by atoms with Gasteiger partial charge < -0.3 is 9.52 Å². The fourth-order valence-electron chi connectivity index (χ4n) is 1.71. The molecule has 8 heteroatoms. The molecule has 1 aromatic carbocycles. The fourth-order valence-corrected chi connectivity index (χ4v) is 2.88. The molecular weight excluding hydrogens is 301 g/mol. The predicted octanol–water partition coefficient (Wildman–Crippen LogP) is 2.16. The van der Waals surface area contributed by atoms with E-state index in [4.69, 9.17) is 9.52 Å². The van der Waals surface area contributed by atoms with E-state index < -0.39 is 38.7 Å². The highest BCUT2D eigenvalue weighted by atomic mass is 32.2. The van der Waals surface area contributed by atoms with Gasteiger partial charge in [-0.15, -0.1) is 0 Å². The Morgan fingerprint density at radius 3 is 2.62 bits per heavy atom. The number of furan rings is 1. The molecular formula is C13H12FNO5S. The number of benzene rings is 1. The smallest absolute Gasteiger partial charge is 0.371 e. The Labute approximate surface area is 120 Å². The zero-order valence-electron chi connectivity index (χ0n) is 10.9. The summed E-state index contributed by atoms with van der Waals surface area (Å²) in [5.41, 5.74) is 0.434. The molecule has 0 amide bonds. The first kappa shape index (κ1) is 15.2. The van der Waals surface area contributed by atoms with Gasteiger partial charge in [0.2, 0.25) is 10.9 Å². The Balaban J connectivity index is 2.22. The van der Waals surface area contributed by atoms with Crippen LogP contribution in [0.3, 0.4) is 0 Å². The molecule has 2 rings (SSSR count). The molecule has 1 atom stereocenters. The summed E-state index contributed by atoms with van der Waals surface area (Å²) in [5, 5.41) is 8.19. The summed E-state index contributed by atoms with van der Waals surface area (Å²) < 4.78 is 44.2. The molecule has 2 N–H and O–H groups in total. The maximum atomic E-state index is 13.1. The SMILES string of the molecule is CC(NS(=O)(=O)c1ccc(C(=O)O)o1)c1cccc(F)c1. The van der Waals surface area contributed by atoms with Crippen LogP contribution in [0.1, 0.15) is 29.1 Å². The Morgan fingerprint density at radius 2 is 2.05 bits per heavy atom. The molecule has 1 aromatic heterocycles. The van der Waals surface area contributed by atoms with Gasteiger partial charge in [-0.3, -0.25) is 0 Å². The number of rotatable bonds is 5. The third-order valence-electron chi connectivity index (χ3n) is 2.74. The molecule has 2 aromatic rings. The highest BCUT2D eigenvalue weighted by Gasteiger charge is 2.23. The summed E-state index contributed by atoms with van der Waals surface area (Å²) in [6, 6.07) is 6.87. The Bertz CT molecular complexity index is 768. The van der Waals surface area contributed by atoms with Gasteiger partial charge >= 0.3 is 5.97 Å². The normalized spacial score (nSPS) is 13.0. The molecule has 0 bridgehead atoms. The number of halogens is 1. The van der Waals surface area contributed by atoms with Crippen molar-refractivity contribution in [2.75, 3.05) is 0 Å². The molecule has 112 valence electrons. The number of aromatic carboxylic acids is 1. The van der Waals surface area contributed by atoms with Crippen molar-refractivity contribution in [3.05, 3.63) is 53.5 Å². The van der Waals surface area contributed by atoms with Gasteiger partial charge in [0.1, 0.15) is 5.82 Å². The second-order valence-electron chi connectivity index (χ2n) is 4.32. The largest absolute Gasteiger partial charge is 0.475 e. The van der Waals surface area contributed by atoms with Crippen molar-refractivity contribution in [3.63, 3.8) is 0 Å². The first-order chi connectivity index (χ1) is 9.79. The topological polar surface area (TPSA) is 96.6 Å². The minimum Gasteiger partial charge on any atom is -0.475 e. The van der Waals surface area contributed by atoms with Gasteiger partial charge in [0.25, 0.3) is 10.0 Å². The quantitative estimate of drug-likeness (QED) is 0.881. The van der Waals surface area contributed by atoms with Crippen molar-refractivity contribution in [2.45, 2.75) is 18.1 Å². The van der Waals surface area contributed by atoms with E-state index >= 15 is 0 Å². The Kier molecular flexibility index (Phi) is 4.10. The molecule has 0 aliphatic carbocycles. The summed E-state index contributed by atoms with van der Waals surface area (Å²) >= 11 is 0. The molecule has 0 aliphatic heterocycles. The molecule has 0 radical (unpaired) electrons. The van der Waals surface area contributed by atoms with E-state index in [2.05, 4.69) is 4.72 Å². The number of nitrogens with one attached hydrogen (secondary N) is 1. The molecule has 0 saturated heterocycles. The highest BCUT2D eigenvalue weighted by Crippen LogP contribution is 2.19. The zero-order valence-corrected chi connectivity index (χ0v) is 11.7. The van der Waals surface area contributed by atoms with E-state index in [0.29, 0.717) is 5.56 Å². The molecule has 1 heterocycles. The first-order valence-electron chi connectivity index (χ1n) is 5.90. The van der Waals surface area contributed by atoms with Gasteiger partial charge in [0, 0.05) is 6.04 Å². The molecule has 0 fully saturated rings. The van der Waals surface area contributed by atoms with Crippen LogP contribution in [-0.4, -0.2) is 19.5 Å². The van der Waals surface area contributed by atoms with E-state index in [1.165, 1.54) is 25.1 Å². The summed E-state index contributed by atoms with van der Waals surface area (Å²) in [5.74, 6) is -2.33. The van der Waals surface area contributed by atoms with Crippen LogP contribution >= 0.6 is 0 Å². The van der Waals surface area contributed by atoms with Crippen molar-refractivity contribution in [2.24, 2.45) is 0 Å². The Morgan fingerprint density at radius 1 is 1.33 bits per heavy atom. The van der Waals surface area contributed by atoms with Crippen molar-refractivity contribution >= 4 is 16.0 Å². The number of carbonyl (C=O) groups is 1. The van der Waals surface area contributed by atoms with Crippen LogP contribution in [0, 0.1) is 5.82 Å². The van der Waals surface area contributed by atoms with Crippen LogP contribution in [0.4, 0.5) is 4.39 Å². The van der Waals surface area contributed by atoms with Crippen LogP contribution < -0.4 is 4.72 Å². The van der Waals surface area contributed by atoms with Crippen LogP contribution in [-0.2, 0) is 10.0 Å². The van der Waals surface area contributed by atoms with Gasteiger partial charge in [0.05, 0.1) is 0 Å².